The zero-order valence-electron chi connectivity index (χ0n) is 15.1. The lowest BCUT2D eigenvalue weighted by atomic mass is 10.2. The van der Waals surface area contributed by atoms with Crippen LogP contribution in [0.2, 0.25) is 0 Å². The van der Waals surface area contributed by atoms with Crippen LogP contribution < -0.4 is 9.80 Å². The minimum absolute atomic E-state index is 0.118. The van der Waals surface area contributed by atoms with Crippen LogP contribution in [0.15, 0.2) is 64.8 Å². The zero-order chi connectivity index (χ0) is 18.5. The average molecular weight is 351 g/mol. The Morgan fingerprint density at radius 1 is 0.923 bits per heavy atom. The molecule has 1 aliphatic heterocycles. The number of carbonyl (C=O) groups is 2. The van der Waals surface area contributed by atoms with Crippen LogP contribution in [0.1, 0.15) is 20.3 Å². The molecule has 1 fully saturated rings. The number of azo groups is 1. The lowest BCUT2D eigenvalue weighted by Gasteiger charge is -2.21. The maximum atomic E-state index is 12.7. The summed E-state index contributed by atoms with van der Waals surface area (Å²) >= 11 is 0. The summed E-state index contributed by atoms with van der Waals surface area (Å²) in [6, 6.07) is 16.2. The first kappa shape index (κ1) is 17.9. The standard InChI is InChI=1S/C20H22N4O2/c1-3-23(4-2)18-14-19(25)24(20(18)26)17-12-10-16(11-13-17)22-21-15-8-6-5-7-9-15/h5-13,18H,3-4,14H2,1-2H3/p+1/t18-/m1/s1. The molecule has 1 heterocycles. The van der Waals surface area contributed by atoms with Gasteiger partial charge in [-0.3, -0.25) is 9.59 Å². The Balaban J connectivity index is 1.75. The third kappa shape index (κ3) is 3.70. The van der Waals surface area contributed by atoms with Crippen LogP contribution in [0.5, 0.6) is 0 Å². The molecule has 0 spiro atoms. The molecule has 0 radical (unpaired) electrons. The first-order valence-electron chi connectivity index (χ1n) is 8.92. The predicted octanol–water partition coefficient (Wildman–Crippen LogP) is 2.66. The van der Waals surface area contributed by atoms with E-state index in [1.54, 1.807) is 24.3 Å². The van der Waals surface area contributed by atoms with Crippen LogP contribution in [0, 0.1) is 0 Å². The van der Waals surface area contributed by atoms with Gasteiger partial charge in [-0.2, -0.15) is 10.2 Å². The van der Waals surface area contributed by atoms with Gasteiger partial charge in [0.1, 0.15) is 0 Å². The molecule has 0 saturated carbocycles. The van der Waals surface area contributed by atoms with E-state index in [1.165, 1.54) is 4.90 Å². The van der Waals surface area contributed by atoms with Gasteiger partial charge < -0.3 is 4.90 Å². The molecule has 2 aromatic rings. The maximum absolute atomic E-state index is 12.7. The van der Waals surface area contributed by atoms with Gasteiger partial charge in [0.15, 0.2) is 6.04 Å². The predicted molar refractivity (Wildman–Crippen MR) is 100 cm³/mol. The van der Waals surface area contributed by atoms with E-state index in [9.17, 15) is 9.59 Å². The quantitative estimate of drug-likeness (QED) is 0.642. The monoisotopic (exact) mass is 351 g/mol. The molecule has 0 aliphatic carbocycles. The van der Waals surface area contributed by atoms with Crippen LogP contribution in [-0.4, -0.2) is 30.9 Å². The van der Waals surface area contributed by atoms with Crippen LogP contribution in [-0.2, 0) is 9.59 Å². The Morgan fingerprint density at radius 2 is 1.50 bits per heavy atom. The molecule has 0 aromatic heterocycles. The van der Waals surface area contributed by atoms with Crippen molar-refractivity contribution in [3.05, 3.63) is 54.6 Å². The first-order chi connectivity index (χ1) is 12.6. The van der Waals surface area contributed by atoms with Crippen LogP contribution in [0.25, 0.3) is 0 Å². The Bertz CT molecular complexity index is 798. The molecule has 1 saturated heterocycles. The molecule has 26 heavy (non-hydrogen) atoms. The smallest absolute Gasteiger partial charge is 0.292 e. The number of hydrogen-bond acceptors (Lipinski definition) is 4. The molecular formula is C20H23N4O2+. The summed E-state index contributed by atoms with van der Waals surface area (Å²) in [4.78, 5) is 27.5. The Morgan fingerprint density at radius 3 is 2.08 bits per heavy atom. The van der Waals surface area contributed by atoms with Crippen molar-refractivity contribution < 1.29 is 14.5 Å². The zero-order valence-corrected chi connectivity index (χ0v) is 15.1. The summed E-state index contributed by atoms with van der Waals surface area (Å²) in [5.41, 5.74) is 2.03. The van der Waals surface area contributed by atoms with Crippen molar-refractivity contribution in [1.29, 1.82) is 0 Å². The van der Waals surface area contributed by atoms with Gasteiger partial charge in [-0.1, -0.05) is 18.2 Å². The minimum atomic E-state index is -0.282. The van der Waals surface area contributed by atoms with E-state index in [-0.39, 0.29) is 24.3 Å². The van der Waals surface area contributed by atoms with Crippen molar-refractivity contribution >= 4 is 28.9 Å². The van der Waals surface area contributed by atoms with E-state index in [0.717, 1.165) is 23.7 Å². The highest BCUT2D eigenvalue weighted by atomic mass is 16.2. The van der Waals surface area contributed by atoms with Gasteiger partial charge in [0.2, 0.25) is 5.91 Å². The fraction of sp³-hybridized carbons (Fsp3) is 0.300. The van der Waals surface area contributed by atoms with Gasteiger partial charge >= 0.3 is 0 Å². The number of benzene rings is 2. The van der Waals surface area contributed by atoms with E-state index in [2.05, 4.69) is 10.2 Å². The third-order valence-corrected chi connectivity index (χ3v) is 4.69. The maximum Gasteiger partial charge on any atom is 0.292 e. The lowest BCUT2D eigenvalue weighted by Crippen LogP contribution is -3.16. The normalized spacial score (nSPS) is 17.7. The number of hydrogen-bond donors (Lipinski definition) is 1. The molecule has 2 amide bonds. The van der Waals surface area contributed by atoms with Gasteiger partial charge in [-0.05, 0) is 50.2 Å². The number of imide groups is 1. The fourth-order valence-electron chi connectivity index (χ4n) is 3.24. The molecule has 2 aromatic carbocycles. The number of amides is 2. The van der Waals surface area contributed by atoms with E-state index >= 15 is 0 Å². The van der Waals surface area contributed by atoms with E-state index in [1.807, 2.05) is 44.2 Å². The topological polar surface area (TPSA) is 66.5 Å². The second kappa shape index (κ2) is 8.01. The highest BCUT2D eigenvalue weighted by Crippen LogP contribution is 2.25. The molecule has 1 aliphatic rings. The van der Waals surface area contributed by atoms with Crippen molar-refractivity contribution in [2.75, 3.05) is 18.0 Å². The molecule has 1 N–H and O–H groups in total. The van der Waals surface area contributed by atoms with Gasteiger partial charge in [-0.15, -0.1) is 0 Å². The molecule has 3 rings (SSSR count). The molecule has 0 unspecified atom stereocenters. The number of quaternary nitrogens is 1. The number of carbonyl (C=O) groups excluding carboxylic acids is 2. The minimum Gasteiger partial charge on any atom is -0.325 e. The fourth-order valence-corrected chi connectivity index (χ4v) is 3.24. The highest BCUT2D eigenvalue weighted by molar-refractivity contribution is 6.21. The van der Waals surface area contributed by atoms with Crippen molar-refractivity contribution in [2.45, 2.75) is 26.3 Å². The van der Waals surface area contributed by atoms with Crippen LogP contribution in [0.3, 0.4) is 0 Å². The number of nitrogens with zero attached hydrogens (tertiary/aromatic N) is 3. The molecule has 0 bridgehead atoms. The van der Waals surface area contributed by atoms with E-state index < -0.39 is 0 Å². The van der Waals surface area contributed by atoms with Gasteiger partial charge in [0.25, 0.3) is 5.91 Å². The van der Waals surface area contributed by atoms with Crippen molar-refractivity contribution in [2.24, 2.45) is 10.2 Å². The Hall–Kier alpha value is -2.86. The second-order valence-electron chi connectivity index (χ2n) is 6.24. The van der Waals surface area contributed by atoms with Crippen molar-refractivity contribution in [1.82, 2.24) is 0 Å². The lowest BCUT2D eigenvalue weighted by molar-refractivity contribution is -0.911. The Labute approximate surface area is 153 Å². The molecule has 1 atom stereocenters. The average Bonchev–Trinajstić information content (AvgIpc) is 2.97. The largest absolute Gasteiger partial charge is 0.325 e. The van der Waals surface area contributed by atoms with Crippen LogP contribution in [0.4, 0.5) is 17.1 Å². The van der Waals surface area contributed by atoms with Gasteiger partial charge in [0.05, 0.1) is 36.6 Å². The van der Waals surface area contributed by atoms with E-state index in [0.29, 0.717) is 11.4 Å². The van der Waals surface area contributed by atoms with Crippen LogP contribution >= 0.6 is 0 Å². The van der Waals surface area contributed by atoms with Crippen molar-refractivity contribution in [3.8, 4) is 0 Å². The van der Waals surface area contributed by atoms with E-state index in [4.69, 9.17) is 0 Å². The van der Waals surface area contributed by atoms with Crippen molar-refractivity contribution in [3.63, 3.8) is 0 Å². The number of likely N-dealkylation sites (N-methyl/N-ethyl adjacent to an activating group) is 1. The third-order valence-electron chi connectivity index (χ3n) is 4.69. The summed E-state index contributed by atoms with van der Waals surface area (Å²) in [6.07, 6.45) is 0.269. The second-order valence-corrected chi connectivity index (χ2v) is 6.24. The molecular weight excluding hydrogens is 328 g/mol. The SMILES string of the molecule is CC[NH+](CC)[C@@H]1CC(=O)N(c2ccc(N=Nc3ccccc3)cc2)C1=O. The Kier molecular flexibility index (Phi) is 5.53. The summed E-state index contributed by atoms with van der Waals surface area (Å²) in [5, 5.41) is 8.35. The summed E-state index contributed by atoms with van der Waals surface area (Å²) in [6.45, 7) is 5.72. The summed E-state index contributed by atoms with van der Waals surface area (Å²) in [5.74, 6) is -0.259. The number of rotatable bonds is 6. The first-order valence-corrected chi connectivity index (χ1v) is 8.92. The number of anilines is 1. The number of nitrogens with one attached hydrogen (secondary N) is 1. The highest BCUT2D eigenvalue weighted by Gasteiger charge is 2.44. The van der Waals surface area contributed by atoms with Gasteiger partial charge in [0, 0.05) is 0 Å². The summed E-state index contributed by atoms with van der Waals surface area (Å²) in [7, 11) is 0. The molecule has 134 valence electrons. The molecule has 6 heteroatoms. The molecule has 6 nitrogen and oxygen atoms in total. The van der Waals surface area contributed by atoms with Gasteiger partial charge in [-0.25, -0.2) is 4.90 Å². The summed E-state index contributed by atoms with van der Waals surface area (Å²) < 4.78 is 0.